The number of halogens is 1. The maximum absolute atomic E-state index is 13.3. The summed E-state index contributed by atoms with van der Waals surface area (Å²) < 4.78 is 4.02. The van der Waals surface area contributed by atoms with Gasteiger partial charge in [0.15, 0.2) is 11.0 Å². The summed E-state index contributed by atoms with van der Waals surface area (Å²) in [6.07, 6.45) is 0. The van der Waals surface area contributed by atoms with E-state index in [4.69, 9.17) is 16.6 Å². The lowest BCUT2D eigenvalue weighted by Gasteiger charge is -2.30. The topological polar surface area (TPSA) is 38.1 Å². The summed E-state index contributed by atoms with van der Waals surface area (Å²) in [6.45, 7) is 2.84. The van der Waals surface area contributed by atoms with Crippen molar-refractivity contribution >= 4 is 46.9 Å². The van der Waals surface area contributed by atoms with Gasteiger partial charge in [0.1, 0.15) is 10.9 Å². The van der Waals surface area contributed by atoms with Crippen molar-refractivity contribution in [1.82, 2.24) is 9.55 Å². The Balaban J connectivity index is 1.73. The highest BCUT2D eigenvalue weighted by Gasteiger charge is 2.38. The molecule has 27 heavy (non-hydrogen) atoms. The monoisotopic (exact) mass is 415 g/mol. The number of hydrogen-bond donors (Lipinski definition) is 0. The average Bonchev–Trinajstić information content (AvgIpc) is 3.01. The van der Waals surface area contributed by atoms with E-state index in [9.17, 15) is 4.79 Å². The van der Waals surface area contributed by atoms with Gasteiger partial charge >= 0.3 is 0 Å². The molecule has 1 aliphatic rings. The number of ketones is 1. The number of fused-ring (bicyclic) bond motifs is 1. The third kappa shape index (κ3) is 3.49. The Morgan fingerprint density at radius 2 is 1.85 bits per heavy atom. The van der Waals surface area contributed by atoms with E-state index in [1.807, 2.05) is 66.2 Å². The lowest BCUT2D eigenvalue weighted by Crippen LogP contribution is -2.28. The zero-order valence-electron chi connectivity index (χ0n) is 14.9. The number of Topliss-reactive ketones (excluding diaryl/α,β-unsaturated/α-hetero) is 1. The first-order chi connectivity index (χ1) is 13.1. The summed E-state index contributed by atoms with van der Waals surface area (Å²) in [7, 11) is 1.91. The van der Waals surface area contributed by atoms with Gasteiger partial charge in [-0.15, -0.1) is 0 Å². The van der Waals surface area contributed by atoms with Crippen LogP contribution in [0, 0.1) is 0 Å². The number of aromatic nitrogens is 2. The van der Waals surface area contributed by atoms with Gasteiger partial charge in [0.05, 0.1) is 0 Å². The molecule has 0 fully saturated rings. The third-order valence-corrected chi connectivity index (χ3v) is 7.08. The molecule has 4 rings (SSSR count). The Bertz CT molecular complexity index is 973. The van der Waals surface area contributed by atoms with Crippen LogP contribution in [-0.4, -0.2) is 21.9 Å². The maximum atomic E-state index is 13.3. The molecular formula is C20H18ClN3OS2. The second kappa shape index (κ2) is 7.62. The van der Waals surface area contributed by atoms with Crippen LogP contribution in [0.2, 0.25) is 5.02 Å². The minimum absolute atomic E-state index is 0.0805. The van der Waals surface area contributed by atoms with E-state index >= 15 is 0 Å². The molecule has 0 N–H and O–H groups in total. The van der Waals surface area contributed by atoms with E-state index in [1.165, 1.54) is 11.9 Å². The molecule has 1 aliphatic heterocycles. The maximum Gasteiger partial charge on any atom is 0.202 e. The molecular weight excluding hydrogens is 398 g/mol. The lowest BCUT2D eigenvalue weighted by atomic mass is 10.1. The number of carbonyl (C=O) groups excluding carboxylic acids is 1. The van der Waals surface area contributed by atoms with Crippen molar-refractivity contribution in [1.29, 1.82) is 0 Å². The summed E-state index contributed by atoms with van der Waals surface area (Å²) in [5, 5.41) is 1.19. The number of nitrogens with zero attached hydrogens (tertiary/aromatic N) is 3. The van der Waals surface area contributed by atoms with E-state index in [1.54, 1.807) is 11.8 Å². The van der Waals surface area contributed by atoms with E-state index in [2.05, 4.69) is 11.2 Å². The summed E-state index contributed by atoms with van der Waals surface area (Å²) >= 11 is 9.10. The van der Waals surface area contributed by atoms with Crippen LogP contribution < -0.4 is 4.31 Å². The molecule has 0 aliphatic carbocycles. The Hall–Kier alpha value is -1.89. The van der Waals surface area contributed by atoms with E-state index < -0.39 is 0 Å². The molecule has 0 saturated carbocycles. The van der Waals surface area contributed by atoms with E-state index in [0.29, 0.717) is 10.7 Å². The normalized spacial score (nSPS) is 16.5. The highest BCUT2D eigenvalue weighted by molar-refractivity contribution is 8.01. The summed E-state index contributed by atoms with van der Waals surface area (Å²) in [6, 6.07) is 17.6. The molecule has 7 heteroatoms. The summed E-state index contributed by atoms with van der Waals surface area (Å²) in [5.74, 6) is 0.829. The molecule has 138 valence electrons. The van der Waals surface area contributed by atoms with Crippen LogP contribution in [0.25, 0.3) is 0 Å². The zero-order chi connectivity index (χ0) is 19.0. The Morgan fingerprint density at radius 1 is 1.15 bits per heavy atom. The number of rotatable bonds is 4. The molecule has 3 aromatic rings. The van der Waals surface area contributed by atoms with Crippen LogP contribution in [0.4, 0.5) is 5.82 Å². The van der Waals surface area contributed by atoms with Crippen molar-refractivity contribution in [2.45, 2.75) is 22.2 Å². The Morgan fingerprint density at radius 3 is 2.52 bits per heavy atom. The molecule has 1 unspecified atom stereocenters. The number of hydrogen-bond acceptors (Lipinski definition) is 5. The number of benzene rings is 2. The first kappa shape index (κ1) is 18.5. The quantitative estimate of drug-likeness (QED) is 0.516. The van der Waals surface area contributed by atoms with Crippen LogP contribution in [0.1, 0.15) is 28.2 Å². The number of carbonyl (C=O) groups is 1. The molecule has 0 saturated heterocycles. The predicted molar refractivity (Wildman–Crippen MR) is 113 cm³/mol. The molecule has 2 heterocycles. The molecule has 0 bridgehead atoms. The molecule has 0 amide bonds. The first-order valence-electron chi connectivity index (χ1n) is 8.62. The molecule has 1 aromatic heterocycles. The fourth-order valence-electron chi connectivity index (χ4n) is 3.02. The van der Waals surface area contributed by atoms with Gasteiger partial charge in [-0.2, -0.15) is 0 Å². The fourth-order valence-corrected chi connectivity index (χ4v) is 5.13. The lowest BCUT2D eigenvalue weighted by molar-refractivity contribution is 0.0980. The van der Waals surface area contributed by atoms with Gasteiger partial charge in [0.2, 0.25) is 5.78 Å². The van der Waals surface area contributed by atoms with Crippen LogP contribution >= 0.6 is 35.3 Å². The Kier molecular flexibility index (Phi) is 5.21. The second-order valence-corrected chi connectivity index (χ2v) is 8.74. The smallest absolute Gasteiger partial charge is 0.202 e. The number of imidazole rings is 1. The van der Waals surface area contributed by atoms with Gasteiger partial charge in [-0.3, -0.25) is 9.10 Å². The van der Waals surface area contributed by atoms with Crippen molar-refractivity contribution in [3.05, 3.63) is 70.9 Å². The highest BCUT2D eigenvalue weighted by Crippen LogP contribution is 2.45. The van der Waals surface area contributed by atoms with Crippen molar-refractivity contribution in [3.63, 3.8) is 0 Å². The van der Waals surface area contributed by atoms with Gasteiger partial charge in [0.25, 0.3) is 0 Å². The first-order valence-corrected chi connectivity index (χ1v) is 10.6. The minimum atomic E-state index is -0.292. The van der Waals surface area contributed by atoms with Gasteiger partial charge < -0.3 is 4.57 Å². The van der Waals surface area contributed by atoms with Crippen LogP contribution in [0.3, 0.4) is 0 Å². The molecule has 2 aromatic carbocycles. The largest absolute Gasteiger partial charge is 0.317 e. The van der Waals surface area contributed by atoms with Crippen molar-refractivity contribution in [3.8, 4) is 0 Å². The fraction of sp³-hybridized carbons (Fsp3) is 0.200. The highest BCUT2D eigenvalue weighted by atomic mass is 35.5. The van der Waals surface area contributed by atoms with Crippen LogP contribution in [0.15, 0.2) is 64.6 Å². The van der Waals surface area contributed by atoms with Crippen molar-refractivity contribution in [2.24, 2.45) is 7.05 Å². The van der Waals surface area contributed by atoms with Gasteiger partial charge in [-0.05, 0) is 48.7 Å². The van der Waals surface area contributed by atoms with Crippen LogP contribution in [-0.2, 0) is 7.05 Å². The predicted octanol–water partition coefficient (Wildman–Crippen LogP) is 5.64. The zero-order valence-corrected chi connectivity index (χ0v) is 17.3. The molecule has 0 radical (unpaired) electrons. The molecule has 0 spiro atoms. The molecule has 1 atom stereocenters. The van der Waals surface area contributed by atoms with E-state index in [0.717, 1.165) is 28.0 Å². The van der Waals surface area contributed by atoms with Gasteiger partial charge in [0, 0.05) is 23.5 Å². The summed E-state index contributed by atoms with van der Waals surface area (Å²) in [5.41, 5.74) is 1.62. The average molecular weight is 416 g/mol. The van der Waals surface area contributed by atoms with Crippen LogP contribution in [0.5, 0.6) is 0 Å². The third-order valence-electron chi connectivity index (χ3n) is 4.39. The van der Waals surface area contributed by atoms with Gasteiger partial charge in [-0.1, -0.05) is 53.7 Å². The summed E-state index contributed by atoms with van der Waals surface area (Å²) in [4.78, 5) is 19.2. The van der Waals surface area contributed by atoms with E-state index in [-0.39, 0.29) is 11.0 Å². The minimum Gasteiger partial charge on any atom is -0.317 e. The van der Waals surface area contributed by atoms with Gasteiger partial charge in [-0.25, -0.2) is 4.98 Å². The molecule has 4 nitrogen and oxygen atoms in total. The standard InChI is InChI=1S/C20H18ClN3OS2/c1-3-24-19-16(17(25)18(27-24)13-9-11-14(21)12-10-13)23(2)20(22-19)26-15-7-5-4-6-8-15/h4-12,18H,3H2,1-2H3. The number of anilines is 1. The van der Waals surface area contributed by atoms with Crippen molar-refractivity contribution < 1.29 is 4.79 Å². The Labute approximate surface area is 172 Å². The van der Waals surface area contributed by atoms with Crippen molar-refractivity contribution in [2.75, 3.05) is 10.8 Å². The second-order valence-electron chi connectivity index (χ2n) is 6.14. The SMILES string of the molecule is CCN1SC(c2ccc(Cl)cc2)C(=O)c2c1nc(Sc1ccccc1)n2C.